The standard InChI is InChI=1S/C29H38N6O/c1-7-12-25(27-31-32-33-35(27)29(5,6)8-2)34(18-22-13-10-9-11-14-22)19-24-17-23-16-20(3)15-21(4)26(23)30-28(24)36/h9-11,13-17,25H,7-8,12,18-19H2,1-6H3,(H,30,36). The van der Waals surface area contributed by atoms with Gasteiger partial charge in [0.2, 0.25) is 0 Å². The third-order valence-electron chi connectivity index (χ3n) is 7.21. The Hall–Kier alpha value is -3.32. The van der Waals surface area contributed by atoms with Crippen LogP contribution in [0.15, 0.2) is 53.3 Å². The molecule has 1 unspecified atom stereocenters. The predicted octanol–water partition coefficient (Wildman–Crippen LogP) is 5.82. The topological polar surface area (TPSA) is 79.7 Å². The third-order valence-corrected chi connectivity index (χ3v) is 7.21. The number of H-pyrrole nitrogens is 1. The zero-order valence-electron chi connectivity index (χ0n) is 22.4. The SMILES string of the molecule is CCCC(c1nnnn1C(C)(C)CC)N(Cc1ccccc1)Cc1cc2cc(C)cc(C)c2[nH]c1=O. The van der Waals surface area contributed by atoms with Gasteiger partial charge in [-0.15, -0.1) is 5.10 Å². The van der Waals surface area contributed by atoms with Crippen LogP contribution in [0.2, 0.25) is 0 Å². The minimum atomic E-state index is -0.210. The maximum absolute atomic E-state index is 13.3. The van der Waals surface area contributed by atoms with Crippen LogP contribution in [0.4, 0.5) is 0 Å². The fourth-order valence-electron chi connectivity index (χ4n) is 4.89. The van der Waals surface area contributed by atoms with Gasteiger partial charge in [0, 0.05) is 18.7 Å². The highest BCUT2D eigenvalue weighted by Gasteiger charge is 2.31. The Morgan fingerprint density at radius 2 is 1.81 bits per heavy atom. The zero-order chi connectivity index (χ0) is 25.9. The molecule has 0 aliphatic rings. The Kier molecular flexibility index (Phi) is 7.69. The molecule has 2 heterocycles. The lowest BCUT2D eigenvalue weighted by molar-refractivity contribution is 0.145. The van der Waals surface area contributed by atoms with Gasteiger partial charge in [-0.25, -0.2) is 4.68 Å². The van der Waals surface area contributed by atoms with Crippen molar-refractivity contribution < 1.29 is 0 Å². The number of nitrogens with one attached hydrogen (secondary N) is 1. The van der Waals surface area contributed by atoms with E-state index in [9.17, 15) is 4.79 Å². The van der Waals surface area contributed by atoms with Crippen LogP contribution in [-0.4, -0.2) is 30.1 Å². The number of aryl methyl sites for hydroxylation is 2. The van der Waals surface area contributed by atoms with Crippen LogP contribution >= 0.6 is 0 Å². The molecule has 2 aromatic heterocycles. The van der Waals surface area contributed by atoms with Crippen molar-refractivity contribution in [2.45, 2.75) is 85.5 Å². The molecule has 0 amide bonds. The summed E-state index contributed by atoms with van der Waals surface area (Å²) in [7, 11) is 0. The van der Waals surface area contributed by atoms with Crippen molar-refractivity contribution in [3.05, 3.63) is 87.0 Å². The summed E-state index contributed by atoms with van der Waals surface area (Å²) < 4.78 is 1.97. The smallest absolute Gasteiger partial charge is 0.252 e. The molecule has 0 radical (unpaired) electrons. The molecule has 4 aromatic rings. The van der Waals surface area contributed by atoms with E-state index >= 15 is 0 Å². The number of pyridine rings is 1. The Morgan fingerprint density at radius 1 is 1.06 bits per heavy atom. The van der Waals surface area contributed by atoms with E-state index in [4.69, 9.17) is 0 Å². The van der Waals surface area contributed by atoms with Crippen LogP contribution in [0.25, 0.3) is 10.9 Å². The highest BCUT2D eigenvalue weighted by Crippen LogP contribution is 2.31. The molecular weight excluding hydrogens is 448 g/mol. The number of aromatic nitrogens is 5. The lowest BCUT2D eigenvalue weighted by atomic mass is 10.00. The van der Waals surface area contributed by atoms with Crippen LogP contribution in [0.3, 0.4) is 0 Å². The largest absolute Gasteiger partial charge is 0.321 e. The second kappa shape index (κ2) is 10.7. The molecule has 7 nitrogen and oxygen atoms in total. The van der Waals surface area contributed by atoms with Gasteiger partial charge in [-0.1, -0.05) is 62.2 Å². The Balaban J connectivity index is 1.81. The van der Waals surface area contributed by atoms with Crippen molar-refractivity contribution in [1.82, 2.24) is 30.1 Å². The molecule has 4 rings (SSSR count). The van der Waals surface area contributed by atoms with Crippen LogP contribution in [-0.2, 0) is 18.6 Å². The Morgan fingerprint density at radius 3 is 2.50 bits per heavy atom. The lowest BCUT2D eigenvalue weighted by Gasteiger charge is -2.33. The summed E-state index contributed by atoms with van der Waals surface area (Å²) >= 11 is 0. The molecule has 0 saturated carbocycles. The third kappa shape index (κ3) is 5.41. The van der Waals surface area contributed by atoms with Gasteiger partial charge in [0.15, 0.2) is 5.82 Å². The molecule has 0 bridgehead atoms. The number of hydrogen-bond acceptors (Lipinski definition) is 5. The molecule has 0 aliphatic carbocycles. The molecule has 2 aromatic carbocycles. The molecule has 7 heteroatoms. The van der Waals surface area contributed by atoms with Gasteiger partial charge in [0.05, 0.1) is 17.1 Å². The molecule has 0 aliphatic heterocycles. The van der Waals surface area contributed by atoms with E-state index < -0.39 is 0 Å². The summed E-state index contributed by atoms with van der Waals surface area (Å²) in [6.45, 7) is 14.0. The first kappa shape index (κ1) is 25.8. The van der Waals surface area contributed by atoms with Crippen molar-refractivity contribution in [2.75, 3.05) is 0 Å². The van der Waals surface area contributed by atoms with Gasteiger partial charge in [0.1, 0.15) is 0 Å². The van der Waals surface area contributed by atoms with E-state index in [-0.39, 0.29) is 17.1 Å². The molecule has 0 spiro atoms. The van der Waals surface area contributed by atoms with Gasteiger partial charge >= 0.3 is 0 Å². The zero-order valence-corrected chi connectivity index (χ0v) is 22.4. The number of benzene rings is 2. The fourth-order valence-corrected chi connectivity index (χ4v) is 4.89. The van der Waals surface area contributed by atoms with Crippen LogP contribution < -0.4 is 5.56 Å². The van der Waals surface area contributed by atoms with Gasteiger partial charge in [0.25, 0.3) is 5.56 Å². The fraction of sp³-hybridized carbons (Fsp3) is 0.448. The number of nitrogens with zero attached hydrogens (tertiary/aromatic N) is 5. The first-order valence-electron chi connectivity index (χ1n) is 12.9. The Bertz CT molecular complexity index is 1370. The maximum Gasteiger partial charge on any atom is 0.252 e. The monoisotopic (exact) mass is 486 g/mol. The van der Waals surface area contributed by atoms with Gasteiger partial charge in [-0.2, -0.15) is 0 Å². The van der Waals surface area contributed by atoms with Crippen molar-refractivity contribution >= 4 is 10.9 Å². The van der Waals surface area contributed by atoms with E-state index in [0.29, 0.717) is 13.1 Å². The van der Waals surface area contributed by atoms with E-state index in [1.165, 1.54) is 11.1 Å². The lowest BCUT2D eigenvalue weighted by Crippen LogP contribution is -2.36. The average Bonchev–Trinajstić information content (AvgIpc) is 3.34. The second-order valence-corrected chi connectivity index (χ2v) is 10.5. The van der Waals surface area contributed by atoms with E-state index in [1.54, 1.807) is 0 Å². The second-order valence-electron chi connectivity index (χ2n) is 10.5. The molecule has 36 heavy (non-hydrogen) atoms. The predicted molar refractivity (Wildman–Crippen MR) is 145 cm³/mol. The summed E-state index contributed by atoms with van der Waals surface area (Å²) in [5.74, 6) is 0.850. The minimum Gasteiger partial charge on any atom is -0.321 e. The van der Waals surface area contributed by atoms with Gasteiger partial charge < -0.3 is 4.98 Å². The highest BCUT2D eigenvalue weighted by atomic mass is 16.1. The molecule has 0 saturated heterocycles. The van der Waals surface area contributed by atoms with Gasteiger partial charge in [-0.05, 0) is 79.6 Å². The number of fused-ring (bicyclic) bond motifs is 1. The maximum atomic E-state index is 13.3. The molecule has 1 atom stereocenters. The average molecular weight is 487 g/mol. The number of hydrogen-bond donors (Lipinski definition) is 1. The van der Waals surface area contributed by atoms with Crippen molar-refractivity contribution in [1.29, 1.82) is 0 Å². The highest BCUT2D eigenvalue weighted by molar-refractivity contribution is 5.82. The summed E-state index contributed by atoms with van der Waals surface area (Å²) in [5.41, 5.74) is 4.86. The Labute approximate surface area is 213 Å². The summed E-state index contributed by atoms with van der Waals surface area (Å²) in [4.78, 5) is 18.8. The molecule has 0 fully saturated rings. The summed E-state index contributed by atoms with van der Waals surface area (Å²) in [6.07, 6.45) is 2.77. The van der Waals surface area contributed by atoms with Crippen LogP contribution in [0, 0.1) is 13.8 Å². The van der Waals surface area contributed by atoms with Crippen LogP contribution in [0.5, 0.6) is 0 Å². The summed E-state index contributed by atoms with van der Waals surface area (Å²) in [6, 6.07) is 16.7. The quantitative estimate of drug-likeness (QED) is 0.305. The van der Waals surface area contributed by atoms with Crippen molar-refractivity contribution in [3.63, 3.8) is 0 Å². The van der Waals surface area contributed by atoms with Crippen LogP contribution in [0.1, 0.15) is 81.1 Å². The van der Waals surface area contributed by atoms with E-state index in [1.807, 2.05) is 23.7 Å². The van der Waals surface area contributed by atoms with E-state index in [0.717, 1.165) is 47.1 Å². The van der Waals surface area contributed by atoms with Crippen molar-refractivity contribution in [2.24, 2.45) is 0 Å². The molecule has 1 N–H and O–H groups in total. The minimum absolute atomic E-state index is 0.0367. The number of aromatic amines is 1. The van der Waals surface area contributed by atoms with Crippen molar-refractivity contribution in [3.8, 4) is 0 Å². The molecule has 190 valence electrons. The summed E-state index contributed by atoms with van der Waals surface area (Å²) in [5, 5.41) is 14.1. The van der Waals surface area contributed by atoms with Gasteiger partial charge in [-0.3, -0.25) is 9.69 Å². The normalized spacial score (nSPS) is 13.0. The molecular formula is C29H38N6O. The number of rotatable bonds is 10. The first-order valence-corrected chi connectivity index (χ1v) is 12.9. The number of tetrazole rings is 1. The first-order chi connectivity index (χ1) is 17.2. The van der Waals surface area contributed by atoms with E-state index in [2.05, 4.69) is 96.4 Å².